The smallest absolute Gasteiger partial charge is 0.312 e. The number of rotatable bonds is 12. The zero-order chi connectivity index (χ0) is 28.5. The van der Waals surface area contributed by atoms with E-state index in [-0.39, 0.29) is 36.4 Å². The van der Waals surface area contributed by atoms with Crippen LogP contribution in [0.15, 0.2) is 49.6 Å². The minimum absolute atomic E-state index is 0.0125. The summed E-state index contributed by atoms with van der Waals surface area (Å²) >= 11 is 3.64. The fourth-order valence-corrected chi connectivity index (χ4v) is 7.39. The molecule has 4 rings (SSSR count). The Morgan fingerprint density at radius 3 is 2.44 bits per heavy atom. The first-order chi connectivity index (χ1) is 18.7. The number of benzene rings is 1. The van der Waals surface area contributed by atoms with Crippen LogP contribution in [0.3, 0.4) is 0 Å². The van der Waals surface area contributed by atoms with E-state index in [4.69, 9.17) is 9.47 Å². The minimum Gasteiger partial charge on any atom is -0.461 e. The van der Waals surface area contributed by atoms with Gasteiger partial charge in [-0.1, -0.05) is 34.7 Å². The van der Waals surface area contributed by atoms with Gasteiger partial charge in [0.05, 0.1) is 30.6 Å². The van der Waals surface area contributed by atoms with Crippen LogP contribution in [0.4, 0.5) is 11.4 Å². The number of nitrogens with zero attached hydrogens (tertiary/aromatic N) is 3. The van der Waals surface area contributed by atoms with Crippen LogP contribution in [-0.4, -0.2) is 89.3 Å². The molecule has 1 N–H and O–H groups in total. The van der Waals surface area contributed by atoms with E-state index in [2.05, 4.69) is 47.8 Å². The largest absolute Gasteiger partial charge is 0.461 e. The first-order valence-electron chi connectivity index (χ1n) is 13.5. The first kappa shape index (κ1) is 29.3. The average molecular weight is 605 g/mol. The molecule has 0 saturated carbocycles. The van der Waals surface area contributed by atoms with Gasteiger partial charge in [-0.15, -0.1) is 6.58 Å². The Kier molecular flexibility index (Phi) is 8.88. The summed E-state index contributed by atoms with van der Waals surface area (Å²) in [6.45, 7) is 14.9. The van der Waals surface area contributed by atoms with Crippen molar-refractivity contribution in [1.82, 2.24) is 4.90 Å². The third kappa shape index (κ3) is 4.80. The minimum atomic E-state index is -1.24. The molecule has 2 bridgehead atoms. The third-order valence-corrected chi connectivity index (χ3v) is 9.03. The third-order valence-electron chi connectivity index (χ3n) is 8.18. The maximum absolute atomic E-state index is 14.5. The lowest BCUT2D eigenvalue weighted by Crippen LogP contribution is -2.58. The lowest BCUT2D eigenvalue weighted by molar-refractivity contribution is -0.154. The number of esters is 1. The molecule has 3 aliphatic heterocycles. The van der Waals surface area contributed by atoms with Gasteiger partial charge in [-0.05, 0) is 51.5 Å². The van der Waals surface area contributed by atoms with Crippen LogP contribution in [0.25, 0.3) is 0 Å². The summed E-state index contributed by atoms with van der Waals surface area (Å²) in [5.74, 6) is -3.05. The molecule has 212 valence electrons. The predicted molar refractivity (Wildman–Crippen MR) is 153 cm³/mol. The van der Waals surface area contributed by atoms with E-state index in [1.54, 1.807) is 17.9 Å². The van der Waals surface area contributed by atoms with E-state index in [0.29, 0.717) is 12.1 Å². The van der Waals surface area contributed by atoms with Gasteiger partial charge in [0.1, 0.15) is 18.2 Å². The summed E-state index contributed by atoms with van der Waals surface area (Å²) in [7, 11) is 0. The second-order valence-electron chi connectivity index (χ2n) is 10.3. The summed E-state index contributed by atoms with van der Waals surface area (Å²) in [5, 5.41) is 10.1. The molecule has 0 radical (unpaired) electrons. The first-order valence-corrected chi connectivity index (χ1v) is 14.4. The van der Waals surface area contributed by atoms with Gasteiger partial charge >= 0.3 is 5.97 Å². The summed E-state index contributed by atoms with van der Waals surface area (Å²) in [6, 6.07) is 6.01. The molecule has 1 aromatic carbocycles. The van der Waals surface area contributed by atoms with Gasteiger partial charge in [-0.3, -0.25) is 14.4 Å². The van der Waals surface area contributed by atoms with E-state index >= 15 is 0 Å². The van der Waals surface area contributed by atoms with Crippen molar-refractivity contribution in [3.8, 4) is 0 Å². The number of amides is 2. The number of aliphatic hydroxyl groups is 1. The van der Waals surface area contributed by atoms with Crippen LogP contribution in [-0.2, 0) is 23.9 Å². The second kappa shape index (κ2) is 11.8. The van der Waals surface area contributed by atoms with Gasteiger partial charge in [-0.25, -0.2) is 0 Å². The SMILES string of the molecule is C=CCOC(=O)[C@H]1[C@@H]2OC3(CC2Br)C(C(=O)N(CC=C)c2ccc(N(CC)CC)cc2)N([C@H](C)CO)C(=O)[C@H]13. The molecular formula is C29H38BrN3O6. The Labute approximate surface area is 238 Å². The van der Waals surface area contributed by atoms with Gasteiger partial charge in [0, 0.05) is 35.8 Å². The number of fused-ring (bicyclic) bond motifs is 1. The van der Waals surface area contributed by atoms with E-state index in [1.807, 2.05) is 24.3 Å². The number of alkyl halides is 1. The van der Waals surface area contributed by atoms with Crippen molar-refractivity contribution < 1.29 is 29.0 Å². The topological polar surface area (TPSA) is 99.6 Å². The van der Waals surface area contributed by atoms with Gasteiger partial charge in [0.2, 0.25) is 5.91 Å². The monoisotopic (exact) mass is 603 g/mol. The molecule has 10 heteroatoms. The Bertz CT molecular complexity index is 1110. The molecule has 7 atom stereocenters. The number of likely N-dealkylation sites (tertiary alicyclic amines) is 1. The molecule has 2 amide bonds. The Hall–Kier alpha value is -2.69. The number of ether oxygens (including phenoxy) is 2. The number of halogens is 1. The number of anilines is 2. The number of carbonyl (C=O) groups is 3. The standard InChI is InChI=1S/C29H38BrN3O6/c1-6-14-32(20-12-10-19(11-13-20)31(8-3)9-4)27(36)25-29-16-21(30)24(39-29)22(28(37)38-15-7-2)23(29)26(35)33(25)18(5)17-34/h6-7,10-13,18,21-25,34H,1-2,8-9,14-17H2,3-5H3/t18-,21?,22-,23+,24-,25?,29?/m1/s1. The summed E-state index contributed by atoms with van der Waals surface area (Å²) in [6.07, 6.45) is 2.86. The van der Waals surface area contributed by atoms with Crippen molar-refractivity contribution in [3.05, 3.63) is 49.6 Å². The zero-order valence-corrected chi connectivity index (χ0v) is 24.4. The van der Waals surface area contributed by atoms with Crippen LogP contribution < -0.4 is 9.80 Å². The molecule has 1 spiro atoms. The zero-order valence-electron chi connectivity index (χ0n) is 22.8. The average Bonchev–Trinajstić information content (AvgIpc) is 3.54. The summed E-state index contributed by atoms with van der Waals surface area (Å²) < 4.78 is 11.8. The summed E-state index contributed by atoms with van der Waals surface area (Å²) in [4.78, 5) is 46.6. The maximum Gasteiger partial charge on any atom is 0.312 e. The fraction of sp³-hybridized carbons (Fsp3) is 0.552. The Balaban J connectivity index is 1.76. The lowest BCUT2D eigenvalue weighted by Gasteiger charge is -2.38. The van der Waals surface area contributed by atoms with Crippen molar-refractivity contribution in [3.63, 3.8) is 0 Å². The van der Waals surface area contributed by atoms with Gasteiger partial charge in [0.15, 0.2) is 0 Å². The van der Waals surface area contributed by atoms with Gasteiger partial charge in [-0.2, -0.15) is 0 Å². The van der Waals surface area contributed by atoms with Gasteiger partial charge in [0.25, 0.3) is 5.91 Å². The highest BCUT2D eigenvalue weighted by Crippen LogP contribution is 2.60. The van der Waals surface area contributed by atoms with E-state index in [0.717, 1.165) is 18.8 Å². The highest BCUT2D eigenvalue weighted by Gasteiger charge is 2.77. The molecule has 9 nitrogen and oxygen atoms in total. The predicted octanol–water partition coefficient (Wildman–Crippen LogP) is 2.91. The number of hydrogen-bond donors (Lipinski definition) is 1. The Morgan fingerprint density at radius 1 is 1.23 bits per heavy atom. The van der Waals surface area contributed by atoms with Gasteiger partial charge < -0.3 is 29.3 Å². The van der Waals surface area contributed by atoms with E-state index in [9.17, 15) is 19.5 Å². The lowest BCUT2D eigenvalue weighted by atomic mass is 9.70. The molecule has 39 heavy (non-hydrogen) atoms. The van der Waals surface area contributed by atoms with Crippen molar-refractivity contribution in [1.29, 1.82) is 0 Å². The normalized spacial score (nSPS) is 29.6. The maximum atomic E-state index is 14.5. The van der Waals surface area contributed by atoms with Crippen molar-refractivity contribution in [2.45, 2.75) is 55.8 Å². The quantitative estimate of drug-likeness (QED) is 0.223. The molecule has 3 fully saturated rings. The molecule has 0 aliphatic carbocycles. The van der Waals surface area contributed by atoms with Crippen molar-refractivity contribution >= 4 is 45.1 Å². The molecular weight excluding hydrogens is 566 g/mol. The van der Waals surface area contributed by atoms with Crippen LogP contribution >= 0.6 is 15.9 Å². The van der Waals surface area contributed by atoms with Crippen molar-refractivity contribution in [2.75, 3.05) is 42.6 Å². The molecule has 3 aliphatic rings. The van der Waals surface area contributed by atoms with Crippen molar-refractivity contribution in [2.24, 2.45) is 11.8 Å². The number of hydrogen-bond acceptors (Lipinski definition) is 7. The second-order valence-corrected chi connectivity index (χ2v) is 11.5. The fourth-order valence-electron chi connectivity index (χ4n) is 6.45. The Morgan fingerprint density at radius 2 is 1.87 bits per heavy atom. The molecule has 0 aromatic heterocycles. The van der Waals surface area contributed by atoms with Crippen LogP contribution in [0.1, 0.15) is 27.2 Å². The van der Waals surface area contributed by atoms with E-state index in [1.165, 1.54) is 11.0 Å². The van der Waals surface area contributed by atoms with Crippen LogP contribution in [0.5, 0.6) is 0 Å². The van der Waals surface area contributed by atoms with E-state index < -0.39 is 41.6 Å². The highest BCUT2D eigenvalue weighted by molar-refractivity contribution is 9.09. The molecule has 3 unspecified atom stereocenters. The number of carbonyl (C=O) groups excluding carboxylic acids is 3. The van der Waals surface area contributed by atoms with Crippen LogP contribution in [0, 0.1) is 11.8 Å². The highest BCUT2D eigenvalue weighted by atomic mass is 79.9. The summed E-state index contributed by atoms with van der Waals surface area (Å²) in [5.41, 5.74) is 0.458. The number of aliphatic hydroxyl groups excluding tert-OH is 1. The molecule has 3 saturated heterocycles. The molecule has 1 aromatic rings. The van der Waals surface area contributed by atoms with Crippen LogP contribution in [0.2, 0.25) is 0 Å². The molecule has 3 heterocycles.